The minimum absolute atomic E-state index is 0.0329. The van der Waals surface area contributed by atoms with Gasteiger partial charge >= 0.3 is 6.09 Å². The second-order valence-corrected chi connectivity index (χ2v) is 9.63. The monoisotopic (exact) mass is 446 g/mol. The van der Waals surface area contributed by atoms with E-state index in [9.17, 15) is 14.4 Å². The van der Waals surface area contributed by atoms with Gasteiger partial charge in [0.25, 0.3) is 5.56 Å². The van der Waals surface area contributed by atoms with Crippen molar-refractivity contribution in [2.75, 3.05) is 19.6 Å². The Kier molecular flexibility index (Phi) is 5.68. The lowest BCUT2D eigenvalue weighted by Crippen LogP contribution is -2.49. The van der Waals surface area contributed by atoms with Gasteiger partial charge in [0, 0.05) is 32.3 Å². The molecule has 1 saturated heterocycles. The van der Waals surface area contributed by atoms with Crippen LogP contribution in [0.25, 0.3) is 5.65 Å². The molecule has 0 spiro atoms. The van der Waals surface area contributed by atoms with Gasteiger partial charge in [0.1, 0.15) is 11.2 Å². The molecule has 4 heterocycles. The molecule has 9 heteroatoms. The van der Waals surface area contributed by atoms with Crippen LogP contribution in [0, 0.1) is 5.92 Å². The highest BCUT2D eigenvalue weighted by molar-refractivity contribution is 6.30. The van der Waals surface area contributed by atoms with Crippen molar-refractivity contribution < 1.29 is 14.3 Å². The van der Waals surface area contributed by atoms with Gasteiger partial charge < -0.3 is 14.5 Å². The third-order valence-electron chi connectivity index (χ3n) is 5.67. The van der Waals surface area contributed by atoms with Crippen LogP contribution in [0.3, 0.4) is 0 Å². The fourth-order valence-electron chi connectivity index (χ4n) is 4.19. The highest BCUT2D eigenvalue weighted by Crippen LogP contribution is 2.24. The Morgan fingerprint density at radius 1 is 1.19 bits per heavy atom. The Morgan fingerprint density at radius 2 is 1.97 bits per heavy atom. The van der Waals surface area contributed by atoms with Crippen molar-refractivity contribution >= 4 is 29.2 Å². The molecule has 31 heavy (non-hydrogen) atoms. The van der Waals surface area contributed by atoms with Crippen LogP contribution in [0.1, 0.15) is 44.9 Å². The maximum absolute atomic E-state index is 13.2. The molecular weight excluding hydrogens is 420 g/mol. The van der Waals surface area contributed by atoms with Gasteiger partial charge in [-0.15, -0.1) is 0 Å². The first kappa shape index (κ1) is 21.6. The van der Waals surface area contributed by atoms with Crippen molar-refractivity contribution in [2.24, 2.45) is 5.92 Å². The summed E-state index contributed by atoms with van der Waals surface area (Å²) in [6.45, 7) is 7.12. The molecule has 2 aromatic heterocycles. The molecule has 2 aliphatic heterocycles. The Hall–Kier alpha value is -2.61. The van der Waals surface area contributed by atoms with E-state index in [1.165, 1.54) is 4.40 Å². The van der Waals surface area contributed by atoms with Crippen molar-refractivity contribution in [2.45, 2.75) is 52.2 Å². The highest BCUT2D eigenvalue weighted by atomic mass is 35.5. The van der Waals surface area contributed by atoms with E-state index in [0.29, 0.717) is 48.7 Å². The molecule has 0 N–H and O–H groups in total. The molecule has 0 saturated carbocycles. The van der Waals surface area contributed by atoms with E-state index in [-0.39, 0.29) is 30.0 Å². The Morgan fingerprint density at radius 3 is 2.71 bits per heavy atom. The number of pyridine rings is 1. The van der Waals surface area contributed by atoms with Crippen molar-refractivity contribution in [3.63, 3.8) is 0 Å². The third-order valence-corrected chi connectivity index (χ3v) is 5.89. The van der Waals surface area contributed by atoms with Crippen LogP contribution in [0.15, 0.2) is 23.1 Å². The van der Waals surface area contributed by atoms with Gasteiger partial charge in [-0.05, 0) is 45.7 Å². The van der Waals surface area contributed by atoms with Gasteiger partial charge in [-0.1, -0.05) is 11.6 Å². The molecule has 2 amide bonds. The van der Waals surface area contributed by atoms with E-state index >= 15 is 0 Å². The lowest BCUT2D eigenvalue weighted by Gasteiger charge is -2.36. The number of ether oxygens (including phenoxy) is 1. The van der Waals surface area contributed by atoms with Crippen LogP contribution >= 0.6 is 11.6 Å². The van der Waals surface area contributed by atoms with Crippen LogP contribution < -0.4 is 5.56 Å². The molecule has 0 radical (unpaired) electrons. The minimum atomic E-state index is -0.578. The molecule has 2 aromatic rings. The second-order valence-electron chi connectivity index (χ2n) is 9.19. The number of aromatic nitrogens is 2. The SMILES string of the molecule is CC(C)(C)OC(=O)N1CCCC(C(=O)N2CCc3nc4ccc(Cl)cn4c(=O)c3C2)C1. The summed E-state index contributed by atoms with van der Waals surface area (Å²) in [6.07, 6.45) is 3.14. The Balaban J connectivity index is 1.51. The van der Waals surface area contributed by atoms with Gasteiger partial charge in [-0.2, -0.15) is 0 Å². The van der Waals surface area contributed by atoms with Crippen LogP contribution in [0.5, 0.6) is 0 Å². The zero-order valence-electron chi connectivity index (χ0n) is 18.1. The van der Waals surface area contributed by atoms with Crippen LogP contribution in [-0.2, 0) is 22.5 Å². The zero-order valence-corrected chi connectivity index (χ0v) is 18.8. The van der Waals surface area contributed by atoms with Gasteiger partial charge in [-0.3, -0.25) is 14.0 Å². The standard InChI is InChI=1S/C22H27ClN4O4/c1-22(2,3)31-21(30)26-9-4-5-14(11-26)19(28)25-10-8-17-16(13-25)20(29)27-12-15(23)6-7-18(27)24-17/h6-7,12,14H,4-5,8-11,13H2,1-3H3. The molecular formula is C22H27ClN4O4. The van der Waals surface area contributed by atoms with E-state index in [2.05, 4.69) is 4.98 Å². The summed E-state index contributed by atoms with van der Waals surface area (Å²) in [6, 6.07) is 3.42. The van der Waals surface area contributed by atoms with Crippen LogP contribution in [0.4, 0.5) is 4.79 Å². The number of amides is 2. The molecule has 0 aliphatic carbocycles. The maximum atomic E-state index is 13.2. The number of rotatable bonds is 1. The summed E-state index contributed by atoms with van der Waals surface area (Å²) in [5.74, 6) is -0.331. The zero-order chi connectivity index (χ0) is 22.3. The lowest BCUT2D eigenvalue weighted by atomic mass is 9.95. The highest BCUT2D eigenvalue weighted by Gasteiger charge is 2.35. The van der Waals surface area contributed by atoms with Crippen molar-refractivity contribution in [1.82, 2.24) is 19.2 Å². The molecule has 0 aromatic carbocycles. The van der Waals surface area contributed by atoms with Gasteiger partial charge in [-0.25, -0.2) is 9.78 Å². The predicted octanol–water partition coefficient (Wildman–Crippen LogP) is 2.88. The second kappa shape index (κ2) is 8.15. The number of nitrogens with zero attached hydrogens (tertiary/aromatic N) is 4. The van der Waals surface area contributed by atoms with Crippen molar-refractivity contribution in [3.05, 3.63) is 45.0 Å². The summed E-state index contributed by atoms with van der Waals surface area (Å²) < 4.78 is 6.89. The summed E-state index contributed by atoms with van der Waals surface area (Å²) in [4.78, 5) is 46.6. The largest absolute Gasteiger partial charge is 0.444 e. The molecule has 4 rings (SSSR count). The van der Waals surface area contributed by atoms with Crippen LogP contribution in [-0.4, -0.2) is 56.4 Å². The molecule has 0 bridgehead atoms. The third kappa shape index (κ3) is 4.54. The number of carbonyl (C=O) groups is 2. The van der Waals surface area contributed by atoms with Crippen LogP contribution in [0.2, 0.25) is 5.02 Å². The van der Waals surface area contributed by atoms with E-state index in [1.54, 1.807) is 28.1 Å². The molecule has 166 valence electrons. The number of fused-ring (bicyclic) bond motifs is 2. The quantitative estimate of drug-likeness (QED) is 0.672. The van der Waals surface area contributed by atoms with E-state index in [1.807, 2.05) is 20.8 Å². The predicted molar refractivity (Wildman–Crippen MR) is 116 cm³/mol. The fraction of sp³-hybridized carbons (Fsp3) is 0.545. The Bertz CT molecular complexity index is 1090. The van der Waals surface area contributed by atoms with Gasteiger partial charge in [0.15, 0.2) is 0 Å². The summed E-state index contributed by atoms with van der Waals surface area (Å²) in [5.41, 5.74) is 1.03. The number of hydrogen-bond acceptors (Lipinski definition) is 5. The molecule has 1 atom stereocenters. The fourth-order valence-corrected chi connectivity index (χ4v) is 4.35. The molecule has 8 nitrogen and oxygen atoms in total. The van der Waals surface area contributed by atoms with Crippen molar-refractivity contribution in [3.8, 4) is 0 Å². The van der Waals surface area contributed by atoms with E-state index in [0.717, 1.165) is 12.1 Å². The normalized spacial score (nSPS) is 19.3. The molecule has 2 aliphatic rings. The number of hydrogen-bond donors (Lipinski definition) is 0. The smallest absolute Gasteiger partial charge is 0.410 e. The van der Waals surface area contributed by atoms with E-state index < -0.39 is 5.60 Å². The molecule has 1 fully saturated rings. The van der Waals surface area contributed by atoms with Gasteiger partial charge in [0.05, 0.1) is 28.7 Å². The number of likely N-dealkylation sites (tertiary alicyclic amines) is 1. The lowest BCUT2D eigenvalue weighted by molar-refractivity contribution is -0.138. The summed E-state index contributed by atoms with van der Waals surface area (Å²) in [5, 5.41) is 0.449. The average molecular weight is 447 g/mol. The number of carbonyl (C=O) groups excluding carboxylic acids is 2. The number of halogens is 1. The first-order valence-electron chi connectivity index (χ1n) is 10.6. The van der Waals surface area contributed by atoms with Crippen molar-refractivity contribution in [1.29, 1.82) is 0 Å². The Labute approximate surface area is 185 Å². The first-order chi connectivity index (χ1) is 14.6. The minimum Gasteiger partial charge on any atom is -0.444 e. The topological polar surface area (TPSA) is 84.2 Å². The average Bonchev–Trinajstić information content (AvgIpc) is 2.73. The number of piperidine rings is 1. The van der Waals surface area contributed by atoms with E-state index in [4.69, 9.17) is 16.3 Å². The summed E-state index contributed by atoms with van der Waals surface area (Å²) >= 11 is 6.04. The summed E-state index contributed by atoms with van der Waals surface area (Å²) in [7, 11) is 0. The molecule has 1 unspecified atom stereocenters. The van der Waals surface area contributed by atoms with Gasteiger partial charge in [0.2, 0.25) is 5.91 Å². The maximum Gasteiger partial charge on any atom is 0.410 e. The first-order valence-corrected chi connectivity index (χ1v) is 11.0.